The number of aliphatic hydroxyl groups excluding tert-OH is 3. The van der Waals surface area contributed by atoms with Gasteiger partial charge < -0.3 is 15.3 Å². The number of ketones is 3. The summed E-state index contributed by atoms with van der Waals surface area (Å²) in [5, 5.41) is 28.7. The molecule has 11 aromatic carbocycles. The van der Waals surface area contributed by atoms with E-state index in [1.54, 1.807) is 34.0 Å². The first-order valence-electron chi connectivity index (χ1n) is 38.1. The molecule has 0 aliphatic carbocycles. The van der Waals surface area contributed by atoms with Crippen molar-refractivity contribution in [3.8, 4) is 121 Å². The van der Waals surface area contributed by atoms with Crippen LogP contribution in [0.5, 0.6) is 0 Å². The minimum Gasteiger partial charge on any atom is -0.512 e. The van der Waals surface area contributed by atoms with Crippen molar-refractivity contribution in [2.45, 2.75) is 62.3 Å². The number of aromatic nitrogens is 3. The molecule has 120 heavy (non-hydrogen) atoms. The Kier molecular flexibility index (Phi) is 34.5. The van der Waals surface area contributed by atoms with Gasteiger partial charge in [0.1, 0.15) is 14.5 Å². The molecule has 0 aliphatic rings. The van der Waals surface area contributed by atoms with Crippen LogP contribution in [0.25, 0.3) is 151 Å². The minimum atomic E-state index is -0.125. The normalized spacial score (nSPS) is 10.9. The van der Waals surface area contributed by atoms with Gasteiger partial charge in [0, 0.05) is 115 Å². The van der Waals surface area contributed by atoms with Gasteiger partial charge in [0.2, 0.25) is 0 Å². The Balaban J connectivity index is 0.000000181. The molecule has 9 nitrogen and oxygen atoms in total. The summed E-state index contributed by atoms with van der Waals surface area (Å²) in [5.41, 5.74) is 25.7. The van der Waals surface area contributed by atoms with E-state index >= 15 is 0 Å². The first kappa shape index (κ1) is 92.2. The van der Waals surface area contributed by atoms with Gasteiger partial charge in [0.15, 0.2) is 17.3 Å². The van der Waals surface area contributed by atoms with Crippen LogP contribution >= 0.6 is 34.0 Å². The van der Waals surface area contributed by atoms with Gasteiger partial charge in [-0.1, -0.05) is 261 Å². The van der Waals surface area contributed by atoms with Crippen molar-refractivity contribution in [1.29, 1.82) is 0 Å². The Hall–Kier alpha value is -11.7. The molecule has 17 aromatic rings. The number of nitrogens with zero attached hydrogens (tertiary/aromatic N) is 3. The summed E-state index contributed by atoms with van der Waals surface area (Å²) < 4.78 is 0. The van der Waals surface area contributed by atoms with E-state index < -0.39 is 0 Å². The molecule has 6 aromatic heterocycles. The number of hydrogen-bond acceptors (Lipinski definition) is 12. The predicted molar refractivity (Wildman–Crippen MR) is 491 cm³/mol. The summed E-state index contributed by atoms with van der Waals surface area (Å²) in [6, 6.07) is 123. The van der Waals surface area contributed by atoms with Crippen molar-refractivity contribution >= 4 is 82.0 Å². The summed E-state index contributed by atoms with van der Waals surface area (Å²) >= 11 is 5.26. The monoisotopic (exact) mass is 2160 g/mol. The number of aryl methyl sites for hydroxylation is 3. The zero-order valence-electron chi connectivity index (χ0n) is 67.5. The number of pyridine rings is 3. The average Bonchev–Trinajstić information content (AvgIpc) is 1.61. The van der Waals surface area contributed by atoms with Crippen molar-refractivity contribution in [1.82, 2.24) is 15.0 Å². The zero-order valence-corrected chi connectivity index (χ0v) is 77.1. The van der Waals surface area contributed by atoms with Crippen molar-refractivity contribution < 1.29 is 90.0 Å². The van der Waals surface area contributed by atoms with Crippen LogP contribution in [-0.2, 0) is 74.7 Å². The maximum Gasteiger partial charge on any atom is 0.155 e. The topological polar surface area (TPSA) is 151 Å². The smallest absolute Gasteiger partial charge is 0.155 e. The Bertz CT molecular complexity index is 6290. The molecule has 0 saturated heterocycles. The van der Waals surface area contributed by atoms with Crippen molar-refractivity contribution in [2.24, 2.45) is 0 Å². The second kappa shape index (κ2) is 44.9. The average molecular weight is 2160 g/mol. The molecule has 0 atom stereocenters. The number of fused-ring (bicyclic) bond motifs is 3. The van der Waals surface area contributed by atoms with Crippen LogP contribution in [-0.4, -0.2) is 47.6 Å². The third-order valence-corrected chi connectivity index (χ3v) is 22.1. The van der Waals surface area contributed by atoms with Gasteiger partial charge in [-0.2, -0.15) is 0 Å². The summed E-state index contributed by atoms with van der Waals surface area (Å²) in [5.74, 6) is -0.187. The molecule has 0 spiro atoms. The molecular formula is C105H86Ir3N3O6S3-3. The van der Waals surface area contributed by atoms with Crippen LogP contribution in [0.15, 0.2) is 357 Å². The van der Waals surface area contributed by atoms with E-state index in [-0.39, 0.29) is 94.9 Å². The number of carbonyl (C=O) groups is 3. The largest absolute Gasteiger partial charge is 0.512 e. The quantitative estimate of drug-likeness (QED) is 0.0549. The van der Waals surface area contributed by atoms with E-state index in [1.165, 1.54) is 180 Å². The maximum absolute atomic E-state index is 10.0. The Morgan fingerprint density at radius 3 is 1.01 bits per heavy atom. The van der Waals surface area contributed by atoms with Gasteiger partial charge in [0.05, 0.1) is 17.3 Å². The minimum absolute atomic E-state index is 0. The van der Waals surface area contributed by atoms with Crippen molar-refractivity contribution in [3.63, 3.8) is 0 Å². The number of carbonyl (C=O) groups excluding carboxylic acids is 3. The number of thiophene rings is 3. The molecule has 0 unspecified atom stereocenters. The van der Waals surface area contributed by atoms with E-state index in [0.29, 0.717) is 0 Å². The first-order chi connectivity index (χ1) is 56.7. The fraction of sp³-hybridized carbons (Fsp3) is 0.0857. The van der Waals surface area contributed by atoms with E-state index in [0.717, 1.165) is 48.3 Å². The molecule has 0 saturated carbocycles. The van der Waals surface area contributed by atoms with Gasteiger partial charge >= 0.3 is 0 Å². The van der Waals surface area contributed by atoms with Crippen LogP contribution in [0.4, 0.5) is 0 Å². The van der Waals surface area contributed by atoms with E-state index in [9.17, 15) is 14.4 Å². The third-order valence-electron chi connectivity index (χ3n) is 18.6. The maximum atomic E-state index is 10.0. The first-order valence-corrected chi connectivity index (χ1v) is 40.6. The Morgan fingerprint density at radius 2 is 0.625 bits per heavy atom. The van der Waals surface area contributed by atoms with Gasteiger partial charge in [-0.3, -0.25) is 29.3 Å². The second-order valence-electron chi connectivity index (χ2n) is 27.9. The molecule has 0 amide bonds. The van der Waals surface area contributed by atoms with E-state index in [4.69, 9.17) is 30.3 Å². The molecule has 0 bridgehead atoms. The molecule has 3 N–H and O–H groups in total. The number of allylic oxidation sites excluding steroid dienone is 6. The standard InChI is InChI=1S/C33H24NS.C31H20NS.C26H18NS.3C5H8O2.3Ir/c1-22-8-6-9-23(2)32(22)26-16-14-25(15-17-26)31-21-29-18-19-30(34-33(29)35-31)28-13-7-12-27(20-28)24-10-4-3-5-11-24;1-4-11-22(12-5-1)25-17-10-18-26(21-25)28-20-19-27-29(23-13-6-2-7-14-23)30(33-31(27)32-28)24-15-8-3-9-16-24;1-18-23-15-16-24(27-26(23)28-25(18)20-11-6-3-7-12-20)22-14-8-13-21(17-22)19-9-4-2-5-10-19;3*1-4(6)3-5(2)7;;;/h3-12,14-21H,1-2H3;1-17,19-21H;2-13,15-17H,1H3;3*3,6H,1-2H3;;;/q3*-1;;;;;;. The van der Waals surface area contributed by atoms with E-state index in [1.807, 2.05) is 36.4 Å². The van der Waals surface area contributed by atoms with Crippen LogP contribution in [0.3, 0.4) is 0 Å². The van der Waals surface area contributed by atoms with Gasteiger partial charge in [-0.15, -0.1) is 140 Å². The number of hydrogen-bond donors (Lipinski definition) is 3. The van der Waals surface area contributed by atoms with Crippen LogP contribution in [0, 0.1) is 39.0 Å². The zero-order chi connectivity index (χ0) is 82.3. The van der Waals surface area contributed by atoms with Gasteiger partial charge in [0.25, 0.3) is 0 Å². The third kappa shape index (κ3) is 25.0. The van der Waals surface area contributed by atoms with Gasteiger partial charge in [-0.05, 0) is 152 Å². The molecule has 3 radical (unpaired) electrons. The number of rotatable bonds is 14. The predicted octanol–water partition coefficient (Wildman–Crippen LogP) is 28.7. The summed E-state index contributed by atoms with van der Waals surface area (Å²) in [4.78, 5) is 52.1. The Labute approximate surface area is 755 Å². The summed E-state index contributed by atoms with van der Waals surface area (Å²) in [6.45, 7) is 15.1. The molecule has 605 valence electrons. The molecule has 17 rings (SSSR count). The second-order valence-corrected chi connectivity index (χ2v) is 30.9. The van der Waals surface area contributed by atoms with Crippen LogP contribution in [0.1, 0.15) is 58.2 Å². The fourth-order valence-electron chi connectivity index (χ4n) is 13.4. The molecule has 0 aliphatic heterocycles. The molecule has 15 heteroatoms. The SMILES string of the molecule is CC(=O)C=C(C)O.CC(=O)C=C(C)O.CC(=O)C=C(C)O.Cc1c(-c2ccccc2)sc2nc(-c3[c-]ccc(-c4ccccc4)c3)ccc12.Cc1cccc(C)c1-c1ccc(-c2cc3ccc(-c4[c-]ccc(-c5ccccc5)c4)nc3s2)cc1.[Ir].[Ir].[Ir].[c-]1ccc(-c2ccccc2)cc1-c1ccc2c(-c3ccccc3)c(-c3ccccc3)sc2n1. The summed E-state index contributed by atoms with van der Waals surface area (Å²) in [6.07, 6.45) is 3.50. The van der Waals surface area contributed by atoms with Crippen LogP contribution in [0.2, 0.25) is 0 Å². The summed E-state index contributed by atoms with van der Waals surface area (Å²) in [7, 11) is 0. The molecule has 0 fully saturated rings. The van der Waals surface area contributed by atoms with Crippen LogP contribution < -0.4 is 0 Å². The van der Waals surface area contributed by atoms with E-state index in [2.05, 4.69) is 324 Å². The van der Waals surface area contributed by atoms with Crippen molar-refractivity contribution in [2.75, 3.05) is 0 Å². The molecule has 6 heterocycles. The van der Waals surface area contributed by atoms with Gasteiger partial charge in [-0.25, -0.2) is 0 Å². The molecular weight excluding hydrogens is 2070 g/mol. The Morgan fingerprint density at radius 1 is 0.300 bits per heavy atom. The van der Waals surface area contributed by atoms with Crippen molar-refractivity contribution in [3.05, 3.63) is 392 Å². The number of aliphatic hydroxyl groups is 3. The fourth-order valence-corrected chi connectivity index (χ4v) is 16.8. The number of benzene rings is 11.